The Bertz CT molecular complexity index is 868. The van der Waals surface area contributed by atoms with Gasteiger partial charge in [-0.05, 0) is 61.8 Å². The molecule has 1 aromatic rings. The van der Waals surface area contributed by atoms with Gasteiger partial charge < -0.3 is 16.4 Å². The summed E-state index contributed by atoms with van der Waals surface area (Å²) >= 11 is 1.72. The second-order valence-corrected chi connectivity index (χ2v) is 8.48. The number of carbonyl (C=O) groups is 1. The molecule has 0 fully saturated rings. The SMILES string of the molecule is C=C(/C=C\C(=C)N(CCCC(N)=O)C(C)SC)/C(=C\N)C(=C)c1ccc(C)cc1C.CC. The van der Waals surface area contributed by atoms with E-state index < -0.39 is 0 Å². The third kappa shape index (κ3) is 9.23. The first-order valence-electron chi connectivity index (χ1n) is 10.9. The number of benzene rings is 1. The molecule has 176 valence electrons. The fourth-order valence-corrected chi connectivity index (χ4v) is 3.69. The van der Waals surface area contributed by atoms with Crippen LogP contribution in [0.3, 0.4) is 0 Å². The van der Waals surface area contributed by atoms with Crippen LogP contribution in [0, 0.1) is 13.8 Å². The molecule has 0 saturated carbocycles. The molecule has 4 N–H and O–H groups in total. The monoisotopic (exact) mass is 455 g/mol. The number of hydrogen-bond acceptors (Lipinski definition) is 4. The Morgan fingerprint density at radius 2 is 1.81 bits per heavy atom. The molecule has 0 aliphatic rings. The van der Waals surface area contributed by atoms with Crippen LogP contribution in [0.2, 0.25) is 0 Å². The van der Waals surface area contributed by atoms with Crippen molar-refractivity contribution in [3.05, 3.63) is 89.8 Å². The quantitative estimate of drug-likeness (QED) is 0.295. The maximum Gasteiger partial charge on any atom is 0.217 e. The molecular formula is C27H41N3OS. The number of aryl methyl sites for hydroxylation is 2. The van der Waals surface area contributed by atoms with Gasteiger partial charge in [-0.3, -0.25) is 4.79 Å². The van der Waals surface area contributed by atoms with E-state index in [1.165, 1.54) is 5.56 Å². The van der Waals surface area contributed by atoms with Gasteiger partial charge in [0.15, 0.2) is 0 Å². The molecule has 0 bridgehead atoms. The van der Waals surface area contributed by atoms with Crippen LogP contribution in [0.15, 0.2) is 73.1 Å². The van der Waals surface area contributed by atoms with Crippen LogP contribution < -0.4 is 11.5 Å². The zero-order valence-corrected chi connectivity index (χ0v) is 21.5. The van der Waals surface area contributed by atoms with E-state index in [4.69, 9.17) is 11.5 Å². The lowest BCUT2D eigenvalue weighted by atomic mass is 9.91. The Labute approximate surface area is 199 Å². The van der Waals surface area contributed by atoms with Crippen LogP contribution >= 0.6 is 11.8 Å². The first kappa shape index (κ1) is 29.3. The molecule has 0 heterocycles. The molecule has 0 spiro atoms. The van der Waals surface area contributed by atoms with E-state index in [9.17, 15) is 4.79 Å². The lowest BCUT2D eigenvalue weighted by molar-refractivity contribution is -0.118. The Kier molecular flexibility index (Phi) is 13.9. The molecule has 4 nitrogen and oxygen atoms in total. The fraction of sp³-hybridized carbons (Fsp3) is 0.370. The van der Waals surface area contributed by atoms with Crippen LogP contribution in [0.1, 0.15) is 50.3 Å². The third-order valence-corrected chi connectivity index (χ3v) is 5.93. The number of thioether (sulfide) groups is 1. The topological polar surface area (TPSA) is 72.3 Å². The summed E-state index contributed by atoms with van der Waals surface area (Å²) in [6.07, 6.45) is 8.47. The van der Waals surface area contributed by atoms with E-state index >= 15 is 0 Å². The van der Waals surface area contributed by atoms with Crippen LogP contribution in [-0.2, 0) is 4.79 Å². The zero-order valence-electron chi connectivity index (χ0n) is 20.7. The highest BCUT2D eigenvalue weighted by atomic mass is 32.2. The summed E-state index contributed by atoms with van der Waals surface area (Å²) in [6, 6.07) is 6.26. The van der Waals surface area contributed by atoms with Gasteiger partial charge in [-0.2, -0.15) is 0 Å². The number of primary amides is 1. The zero-order chi connectivity index (χ0) is 24.8. The van der Waals surface area contributed by atoms with E-state index in [0.717, 1.165) is 33.5 Å². The maximum atomic E-state index is 11.1. The number of hydrogen-bond donors (Lipinski definition) is 2. The number of carbonyl (C=O) groups excluding carboxylic acids is 1. The molecule has 1 unspecified atom stereocenters. The fourth-order valence-electron chi connectivity index (χ4n) is 3.19. The molecule has 1 atom stereocenters. The molecule has 0 aliphatic carbocycles. The minimum atomic E-state index is -0.288. The Balaban J connectivity index is 0.00000466. The molecule has 32 heavy (non-hydrogen) atoms. The molecule has 1 aromatic carbocycles. The maximum absolute atomic E-state index is 11.1. The summed E-state index contributed by atoms with van der Waals surface area (Å²) in [7, 11) is 0. The van der Waals surface area contributed by atoms with Crippen molar-refractivity contribution in [3.8, 4) is 0 Å². The first-order chi connectivity index (χ1) is 15.1. The van der Waals surface area contributed by atoms with Crippen molar-refractivity contribution in [2.75, 3.05) is 12.8 Å². The summed E-state index contributed by atoms with van der Waals surface area (Å²) in [5.41, 5.74) is 17.8. The van der Waals surface area contributed by atoms with Gasteiger partial charge in [-0.25, -0.2) is 0 Å². The molecule has 0 aromatic heterocycles. The van der Waals surface area contributed by atoms with Gasteiger partial charge in [0.2, 0.25) is 5.91 Å². The van der Waals surface area contributed by atoms with Crippen molar-refractivity contribution >= 4 is 23.2 Å². The second kappa shape index (κ2) is 15.2. The van der Waals surface area contributed by atoms with Crippen LogP contribution in [0.25, 0.3) is 5.57 Å². The summed E-state index contributed by atoms with van der Waals surface area (Å²) in [4.78, 5) is 13.2. The molecule has 1 rings (SSSR count). The average Bonchev–Trinajstić information content (AvgIpc) is 2.76. The average molecular weight is 456 g/mol. The molecule has 0 aliphatic heterocycles. The number of nitrogens with two attached hydrogens (primary N) is 2. The Morgan fingerprint density at radius 1 is 1.19 bits per heavy atom. The lowest BCUT2D eigenvalue weighted by Crippen LogP contribution is -2.30. The predicted molar refractivity (Wildman–Crippen MR) is 144 cm³/mol. The minimum absolute atomic E-state index is 0.220. The van der Waals surface area contributed by atoms with E-state index in [1.54, 1.807) is 18.0 Å². The van der Waals surface area contributed by atoms with Gasteiger partial charge in [0.1, 0.15) is 0 Å². The standard InChI is InChI=1S/C25H35N3OS.C2H6/c1-17-10-13-23(19(3)15-17)21(5)24(16-26)18(2)11-12-20(4)28(22(6)30-7)14-8-9-25(27)29;1-2/h10-13,15-16,22H,2,4-5,8-9,14,26H2,1,3,6-7H3,(H2,27,29);1-2H3/b12-11-,24-16+;. The van der Waals surface area contributed by atoms with E-state index in [0.29, 0.717) is 19.4 Å². The number of amides is 1. The number of allylic oxidation sites excluding steroid dienone is 5. The molecule has 1 amide bonds. The first-order valence-corrected chi connectivity index (χ1v) is 12.2. The van der Waals surface area contributed by atoms with Crippen molar-refractivity contribution in [3.63, 3.8) is 0 Å². The van der Waals surface area contributed by atoms with Crippen molar-refractivity contribution < 1.29 is 4.79 Å². The summed E-state index contributed by atoms with van der Waals surface area (Å²) in [6.45, 7) is 23.6. The van der Waals surface area contributed by atoms with Gasteiger partial charge in [0.05, 0.1) is 5.37 Å². The number of nitrogens with zero attached hydrogens (tertiary/aromatic N) is 1. The lowest BCUT2D eigenvalue weighted by Gasteiger charge is -2.30. The summed E-state index contributed by atoms with van der Waals surface area (Å²) < 4.78 is 0. The van der Waals surface area contributed by atoms with Crippen molar-refractivity contribution in [2.24, 2.45) is 11.5 Å². The van der Waals surface area contributed by atoms with Gasteiger partial charge >= 0.3 is 0 Å². The van der Waals surface area contributed by atoms with Gasteiger partial charge in [-0.1, -0.05) is 63.4 Å². The van der Waals surface area contributed by atoms with E-state index in [1.807, 2.05) is 32.3 Å². The molecule has 5 heteroatoms. The van der Waals surface area contributed by atoms with Crippen LogP contribution in [0.5, 0.6) is 0 Å². The minimum Gasteiger partial charge on any atom is -0.404 e. The van der Waals surface area contributed by atoms with Gasteiger partial charge in [0.25, 0.3) is 0 Å². The molecule has 0 radical (unpaired) electrons. The highest BCUT2D eigenvalue weighted by Gasteiger charge is 2.14. The number of rotatable bonds is 12. The third-order valence-electron chi connectivity index (χ3n) is 4.99. The largest absolute Gasteiger partial charge is 0.404 e. The van der Waals surface area contributed by atoms with E-state index in [2.05, 4.69) is 63.6 Å². The highest BCUT2D eigenvalue weighted by Crippen LogP contribution is 2.29. The van der Waals surface area contributed by atoms with Gasteiger partial charge in [-0.15, -0.1) is 11.8 Å². The van der Waals surface area contributed by atoms with Crippen molar-refractivity contribution in [2.45, 2.75) is 52.8 Å². The molecular weight excluding hydrogens is 414 g/mol. The predicted octanol–water partition coefficient (Wildman–Crippen LogP) is 6.09. The molecule has 0 saturated heterocycles. The van der Waals surface area contributed by atoms with E-state index in [-0.39, 0.29) is 11.3 Å². The summed E-state index contributed by atoms with van der Waals surface area (Å²) in [5, 5.41) is 0.220. The Morgan fingerprint density at radius 3 is 2.31 bits per heavy atom. The van der Waals surface area contributed by atoms with Crippen molar-refractivity contribution in [1.29, 1.82) is 0 Å². The normalized spacial score (nSPS) is 12.0. The smallest absolute Gasteiger partial charge is 0.217 e. The van der Waals surface area contributed by atoms with Crippen LogP contribution in [-0.4, -0.2) is 29.0 Å². The van der Waals surface area contributed by atoms with Crippen molar-refractivity contribution in [1.82, 2.24) is 4.90 Å². The van der Waals surface area contributed by atoms with Gasteiger partial charge in [0, 0.05) is 30.4 Å². The highest BCUT2D eigenvalue weighted by molar-refractivity contribution is 7.99. The second-order valence-electron chi connectivity index (χ2n) is 7.33. The summed E-state index contributed by atoms with van der Waals surface area (Å²) in [5.74, 6) is -0.288. The Hall–Kier alpha value is -2.66. The van der Waals surface area contributed by atoms with Crippen LogP contribution in [0.4, 0.5) is 0 Å².